The quantitative estimate of drug-likeness (QED) is 0.0432. The first-order valence-corrected chi connectivity index (χ1v) is 23.6. The van der Waals surface area contributed by atoms with Crippen LogP contribution in [0.15, 0.2) is 24.3 Å². The largest absolute Gasteiger partial charge is 0.394 e. The summed E-state index contributed by atoms with van der Waals surface area (Å²) in [7, 11) is 0. The molecule has 4 heteroatoms. The van der Waals surface area contributed by atoms with Crippen molar-refractivity contribution < 1.29 is 15.0 Å². The SMILES string of the molecule is CCCCCCCCCCCCCC/C=C\CCCCCCCCCC(=O)NC(CO)C(O)/C=C/CCCCCCCCCCCCCCCCC. The van der Waals surface area contributed by atoms with Gasteiger partial charge in [0.1, 0.15) is 0 Å². The molecular weight excluding hydrogens is 639 g/mol. The van der Waals surface area contributed by atoms with Crippen LogP contribution < -0.4 is 5.32 Å². The topological polar surface area (TPSA) is 69.6 Å². The lowest BCUT2D eigenvalue weighted by molar-refractivity contribution is -0.123. The number of rotatable bonds is 43. The molecule has 0 fully saturated rings. The summed E-state index contributed by atoms with van der Waals surface area (Å²) < 4.78 is 0. The lowest BCUT2D eigenvalue weighted by atomic mass is 10.0. The highest BCUT2D eigenvalue weighted by atomic mass is 16.3. The van der Waals surface area contributed by atoms with Gasteiger partial charge in [0, 0.05) is 6.42 Å². The van der Waals surface area contributed by atoms with Gasteiger partial charge >= 0.3 is 0 Å². The second-order valence-electron chi connectivity index (χ2n) is 16.2. The van der Waals surface area contributed by atoms with Crippen molar-refractivity contribution in [2.75, 3.05) is 6.61 Å². The number of hydrogen-bond acceptors (Lipinski definition) is 3. The summed E-state index contributed by atoms with van der Waals surface area (Å²) in [5.74, 6) is -0.0656. The van der Waals surface area contributed by atoms with Crippen LogP contribution in [0.4, 0.5) is 0 Å². The highest BCUT2D eigenvalue weighted by Crippen LogP contribution is 2.16. The van der Waals surface area contributed by atoms with Gasteiger partial charge in [0.05, 0.1) is 18.8 Å². The molecule has 3 N–H and O–H groups in total. The van der Waals surface area contributed by atoms with Crippen molar-refractivity contribution >= 4 is 5.91 Å². The van der Waals surface area contributed by atoms with Crippen molar-refractivity contribution in [3.63, 3.8) is 0 Å². The summed E-state index contributed by atoms with van der Waals surface area (Å²) >= 11 is 0. The summed E-state index contributed by atoms with van der Waals surface area (Å²) in [4.78, 5) is 12.4. The first-order valence-electron chi connectivity index (χ1n) is 23.6. The van der Waals surface area contributed by atoms with Crippen molar-refractivity contribution in [2.45, 2.75) is 270 Å². The van der Waals surface area contributed by atoms with E-state index in [0.29, 0.717) is 6.42 Å². The molecule has 0 rings (SSSR count). The maximum atomic E-state index is 12.4. The molecule has 4 nitrogen and oxygen atoms in total. The van der Waals surface area contributed by atoms with E-state index in [1.54, 1.807) is 6.08 Å². The Labute approximate surface area is 326 Å². The minimum atomic E-state index is -0.838. The van der Waals surface area contributed by atoms with E-state index in [9.17, 15) is 15.0 Å². The highest BCUT2D eigenvalue weighted by molar-refractivity contribution is 5.76. The molecule has 0 aliphatic carbocycles. The molecule has 0 aliphatic heterocycles. The van der Waals surface area contributed by atoms with Crippen molar-refractivity contribution in [3.8, 4) is 0 Å². The first-order chi connectivity index (χ1) is 25.7. The van der Waals surface area contributed by atoms with Crippen LogP contribution in [-0.2, 0) is 4.79 Å². The summed E-state index contributed by atoms with van der Waals surface area (Å²) in [6, 6.07) is -0.622. The zero-order valence-corrected chi connectivity index (χ0v) is 35.3. The van der Waals surface area contributed by atoms with Crippen LogP contribution >= 0.6 is 0 Å². The minimum Gasteiger partial charge on any atom is -0.394 e. The Morgan fingerprint density at radius 3 is 1.06 bits per heavy atom. The number of amides is 1. The third-order valence-electron chi connectivity index (χ3n) is 10.9. The van der Waals surface area contributed by atoms with E-state index < -0.39 is 12.1 Å². The van der Waals surface area contributed by atoms with Crippen LogP contribution in [0.1, 0.15) is 258 Å². The fourth-order valence-corrected chi connectivity index (χ4v) is 7.29. The monoisotopic (exact) mass is 732 g/mol. The molecule has 0 aromatic heterocycles. The molecule has 0 aromatic rings. The number of allylic oxidation sites excluding steroid dienone is 3. The highest BCUT2D eigenvalue weighted by Gasteiger charge is 2.17. The molecule has 1 amide bonds. The fraction of sp³-hybridized carbons (Fsp3) is 0.896. The molecule has 0 saturated heterocycles. The van der Waals surface area contributed by atoms with Crippen LogP contribution in [0.2, 0.25) is 0 Å². The molecule has 308 valence electrons. The number of unbranched alkanes of at least 4 members (excludes halogenated alkanes) is 34. The van der Waals surface area contributed by atoms with Crippen LogP contribution in [0.25, 0.3) is 0 Å². The van der Waals surface area contributed by atoms with Gasteiger partial charge in [-0.05, 0) is 44.9 Å². The first kappa shape index (κ1) is 50.9. The van der Waals surface area contributed by atoms with E-state index >= 15 is 0 Å². The standard InChI is InChI=1S/C48H93NO3/c1-3-5-7-9-11-13-15-17-19-21-22-23-24-25-26-28-30-32-34-36-38-40-42-44-48(52)49-46(45-50)47(51)43-41-39-37-35-33-31-29-27-20-18-16-14-12-10-8-6-4-2/h25-26,41,43,46-47,50-51H,3-24,27-40,42,44-45H2,1-2H3,(H,49,52)/b26-25-,43-41+. The zero-order valence-electron chi connectivity index (χ0n) is 35.3. The van der Waals surface area contributed by atoms with Gasteiger partial charge in [0.25, 0.3) is 0 Å². The van der Waals surface area contributed by atoms with Crippen molar-refractivity contribution in [1.29, 1.82) is 0 Å². The van der Waals surface area contributed by atoms with Crippen LogP contribution in [-0.4, -0.2) is 34.9 Å². The summed E-state index contributed by atoms with van der Waals surface area (Å²) in [5.41, 5.74) is 0. The van der Waals surface area contributed by atoms with Gasteiger partial charge in [-0.15, -0.1) is 0 Å². The second kappa shape index (κ2) is 44.3. The van der Waals surface area contributed by atoms with Crippen molar-refractivity contribution in [1.82, 2.24) is 5.32 Å². The Hall–Kier alpha value is -1.13. The molecule has 0 aromatic carbocycles. The third-order valence-corrected chi connectivity index (χ3v) is 10.9. The number of nitrogens with one attached hydrogen (secondary N) is 1. The van der Waals surface area contributed by atoms with Gasteiger partial charge in [-0.2, -0.15) is 0 Å². The van der Waals surface area contributed by atoms with E-state index in [4.69, 9.17) is 0 Å². The summed E-state index contributed by atoms with van der Waals surface area (Å²) in [6.45, 7) is 4.33. The number of carbonyl (C=O) groups excluding carboxylic acids is 1. The molecular formula is C48H93NO3. The van der Waals surface area contributed by atoms with Gasteiger partial charge in [-0.3, -0.25) is 4.79 Å². The molecule has 2 atom stereocenters. The van der Waals surface area contributed by atoms with Crippen LogP contribution in [0.3, 0.4) is 0 Å². The number of hydrogen-bond donors (Lipinski definition) is 3. The zero-order chi connectivity index (χ0) is 37.8. The Bertz CT molecular complexity index is 750. The van der Waals surface area contributed by atoms with Crippen LogP contribution in [0, 0.1) is 0 Å². The van der Waals surface area contributed by atoms with Gasteiger partial charge in [-0.1, -0.05) is 231 Å². The fourth-order valence-electron chi connectivity index (χ4n) is 7.29. The van der Waals surface area contributed by atoms with Crippen LogP contribution in [0.5, 0.6) is 0 Å². The Morgan fingerprint density at radius 2 is 0.731 bits per heavy atom. The van der Waals surface area contributed by atoms with Gasteiger partial charge < -0.3 is 15.5 Å². The van der Waals surface area contributed by atoms with Gasteiger partial charge in [0.15, 0.2) is 0 Å². The second-order valence-corrected chi connectivity index (χ2v) is 16.2. The molecule has 0 spiro atoms. The Morgan fingerprint density at radius 1 is 0.442 bits per heavy atom. The van der Waals surface area contributed by atoms with E-state index in [1.807, 2.05) is 6.08 Å². The number of carbonyl (C=O) groups is 1. The lowest BCUT2D eigenvalue weighted by Gasteiger charge is -2.20. The molecule has 0 bridgehead atoms. The maximum Gasteiger partial charge on any atom is 0.220 e. The molecule has 0 aliphatic rings. The van der Waals surface area contributed by atoms with Gasteiger partial charge in [0.2, 0.25) is 5.91 Å². The summed E-state index contributed by atoms with van der Waals surface area (Å²) in [5, 5.41) is 23.0. The van der Waals surface area contributed by atoms with Gasteiger partial charge in [-0.25, -0.2) is 0 Å². The normalized spacial score (nSPS) is 13.1. The van der Waals surface area contributed by atoms with Crippen molar-refractivity contribution in [3.05, 3.63) is 24.3 Å². The molecule has 0 saturated carbocycles. The number of aliphatic hydroxyl groups is 2. The van der Waals surface area contributed by atoms with Crippen molar-refractivity contribution in [2.24, 2.45) is 0 Å². The van der Waals surface area contributed by atoms with E-state index in [1.165, 1.54) is 212 Å². The molecule has 0 radical (unpaired) electrons. The maximum absolute atomic E-state index is 12.4. The number of aliphatic hydroxyl groups excluding tert-OH is 2. The van der Waals surface area contributed by atoms with E-state index in [0.717, 1.165) is 25.7 Å². The minimum absolute atomic E-state index is 0.0656. The average molecular weight is 732 g/mol. The smallest absolute Gasteiger partial charge is 0.220 e. The Balaban J connectivity index is 3.53. The average Bonchev–Trinajstić information content (AvgIpc) is 3.15. The van der Waals surface area contributed by atoms with E-state index in [-0.39, 0.29) is 12.5 Å². The Kier molecular flexibility index (Phi) is 43.3. The molecule has 2 unspecified atom stereocenters. The molecule has 52 heavy (non-hydrogen) atoms. The lowest BCUT2D eigenvalue weighted by Crippen LogP contribution is -2.45. The summed E-state index contributed by atoms with van der Waals surface area (Å²) in [6.07, 6.45) is 57.2. The predicted octanol–water partition coefficient (Wildman–Crippen LogP) is 14.8. The predicted molar refractivity (Wildman–Crippen MR) is 230 cm³/mol. The third kappa shape index (κ3) is 40.1. The molecule has 0 heterocycles. The van der Waals surface area contributed by atoms with E-state index in [2.05, 4.69) is 31.3 Å².